The maximum atomic E-state index is 14.6. The molecule has 0 saturated heterocycles. The van der Waals surface area contributed by atoms with Gasteiger partial charge in [0.25, 0.3) is 5.91 Å². The highest BCUT2D eigenvalue weighted by Gasteiger charge is 2.22. The van der Waals surface area contributed by atoms with Gasteiger partial charge < -0.3 is 19.1 Å². The summed E-state index contributed by atoms with van der Waals surface area (Å²) in [6.07, 6.45) is 3.80. The second kappa shape index (κ2) is 12.5. The summed E-state index contributed by atoms with van der Waals surface area (Å²) in [6, 6.07) is 13.7. The number of ether oxygens (including phenoxy) is 1. The van der Waals surface area contributed by atoms with E-state index < -0.39 is 13.9 Å². The molecule has 6 nitrogen and oxygen atoms in total. The predicted octanol–water partition coefficient (Wildman–Crippen LogP) is 6.58. The number of amides is 1. The minimum absolute atomic E-state index is 0.0858. The van der Waals surface area contributed by atoms with E-state index in [9.17, 15) is 9.18 Å². The van der Waals surface area contributed by atoms with Crippen molar-refractivity contribution in [2.75, 3.05) is 30.0 Å². The van der Waals surface area contributed by atoms with E-state index in [4.69, 9.17) is 4.74 Å². The van der Waals surface area contributed by atoms with E-state index in [1.54, 1.807) is 23.4 Å². The summed E-state index contributed by atoms with van der Waals surface area (Å²) in [5.41, 5.74) is 3.49. The summed E-state index contributed by atoms with van der Waals surface area (Å²) in [6.45, 7) is 15.3. The fourth-order valence-corrected chi connectivity index (χ4v) is 4.71. The first-order chi connectivity index (χ1) is 17.4. The van der Waals surface area contributed by atoms with Crippen LogP contribution in [0.15, 0.2) is 55.0 Å². The van der Waals surface area contributed by atoms with Crippen molar-refractivity contribution in [2.24, 2.45) is 5.92 Å². The highest BCUT2D eigenvalue weighted by atomic mass is 28.3. The van der Waals surface area contributed by atoms with Crippen LogP contribution in [0.4, 0.5) is 15.8 Å². The number of aromatic nitrogens is 2. The molecule has 0 aliphatic heterocycles. The van der Waals surface area contributed by atoms with Crippen molar-refractivity contribution in [3.8, 4) is 0 Å². The highest BCUT2D eigenvalue weighted by molar-refractivity contribution is 6.76. The lowest BCUT2D eigenvalue weighted by atomic mass is 10.1. The topological polar surface area (TPSA) is 50.6 Å². The first kappa shape index (κ1) is 28.6. The van der Waals surface area contributed by atoms with Crippen LogP contribution >= 0.6 is 0 Å². The van der Waals surface area contributed by atoms with Gasteiger partial charge in [0.2, 0.25) is 0 Å². The van der Waals surface area contributed by atoms with Crippen molar-refractivity contribution in [2.45, 2.75) is 59.7 Å². The van der Waals surface area contributed by atoms with E-state index in [1.807, 2.05) is 62.8 Å². The Morgan fingerprint density at radius 3 is 2.54 bits per heavy atom. The number of rotatable bonds is 12. The van der Waals surface area contributed by atoms with Gasteiger partial charge in [-0.3, -0.25) is 4.79 Å². The van der Waals surface area contributed by atoms with E-state index in [0.717, 1.165) is 35.3 Å². The fraction of sp³-hybridized carbons (Fsp3) is 0.448. The van der Waals surface area contributed by atoms with Gasteiger partial charge in [0.1, 0.15) is 12.5 Å². The summed E-state index contributed by atoms with van der Waals surface area (Å²) in [4.78, 5) is 21.7. The highest BCUT2D eigenvalue weighted by Crippen LogP contribution is 2.26. The van der Waals surface area contributed by atoms with Gasteiger partial charge in [0.15, 0.2) is 0 Å². The molecule has 1 aromatic heterocycles. The van der Waals surface area contributed by atoms with Crippen molar-refractivity contribution in [3.63, 3.8) is 0 Å². The molecule has 1 amide bonds. The Bertz CT molecular complexity index is 1190. The van der Waals surface area contributed by atoms with Crippen molar-refractivity contribution >= 4 is 25.4 Å². The van der Waals surface area contributed by atoms with Crippen LogP contribution in [0.3, 0.4) is 0 Å². The SMILES string of the molecule is Cc1ccc(C(=O)N(CC(C)C)c2cccc(N(C)Cc3cn(COCC[Si](C)(C)C)cn3)c2)c(F)c1. The molecule has 3 aromatic rings. The number of hydrogen-bond donors (Lipinski definition) is 0. The quantitative estimate of drug-likeness (QED) is 0.198. The maximum Gasteiger partial charge on any atom is 0.261 e. The molecular weight excluding hydrogens is 483 g/mol. The summed E-state index contributed by atoms with van der Waals surface area (Å²) in [7, 11) is 0.894. The lowest BCUT2D eigenvalue weighted by molar-refractivity contribution is 0.0871. The second-order valence-corrected chi connectivity index (χ2v) is 17.0. The molecule has 0 aliphatic carbocycles. The minimum atomic E-state index is -1.10. The first-order valence-electron chi connectivity index (χ1n) is 12.9. The molecule has 1 heterocycles. The number of carbonyl (C=O) groups excluding carboxylic acids is 1. The second-order valence-electron chi connectivity index (χ2n) is 11.4. The standard InChI is InChI=1S/C29H41FN4O2Si/c1-22(2)17-34(29(35)27-12-11-23(3)15-28(27)30)26-10-8-9-25(16-26)32(4)18-24-19-33(20-31-24)21-36-13-14-37(5,6)7/h8-12,15-16,19-20,22H,13-14,17-18,21H2,1-7H3. The Hall–Kier alpha value is -2.97. The number of imidazole rings is 1. The van der Waals surface area contributed by atoms with Gasteiger partial charge in [0.05, 0.1) is 24.1 Å². The van der Waals surface area contributed by atoms with E-state index in [2.05, 4.69) is 29.5 Å². The van der Waals surface area contributed by atoms with Crippen LogP contribution in [0.25, 0.3) is 0 Å². The zero-order valence-corrected chi connectivity index (χ0v) is 24.3. The summed E-state index contributed by atoms with van der Waals surface area (Å²) in [5.74, 6) is -0.610. The third-order valence-electron chi connectivity index (χ3n) is 6.05. The zero-order chi connectivity index (χ0) is 27.2. The molecule has 0 radical (unpaired) electrons. The Morgan fingerprint density at radius 1 is 1.14 bits per heavy atom. The largest absolute Gasteiger partial charge is 0.369 e. The van der Waals surface area contributed by atoms with Gasteiger partial charge in [-0.2, -0.15) is 0 Å². The maximum absolute atomic E-state index is 14.6. The summed E-state index contributed by atoms with van der Waals surface area (Å²) in [5, 5.41) is 0. The van der Waals surface area contributed by atoms with E-state index >= 15 is 0 Å². The third kappa shape index (κ3) is 8.54. The average Bonchev–Trinajstić information content (AvgIpc) is 3.26. The number of benzene rings is 2. The first-order valence-corrected chi connectivity index (χ1v) is 16.6. The number of nitrogens with zero attached hydrogens (tertiary/aromatic N) is 4. The molecule has 8 heteroatoms. The molecule has 200 valence electrons. The van der Waals surface area contributed by atoms with Crippen molar-refractivity contribution < 1.29 is 13.9 Å². The molecule has 0 bridgehead atoms. The molecule has 0 fully saturated rings. The molecule has 0 atom stereocenters. The average molecular weight is 525 g/mol. The molecule has 3 rings (SSSR count). The molecular formula is C29H41FN4O2Si. The van der Waals surface area contributed by atoms with Crippen LogP contribution in [0.2, 0.25) is 25.7 Å². The fourth-order valence-electron chi connectivity index (χ4n) is 3.95. The van der Waals surface area contributed by atoms with Crippen molar-refractivity contribution in [1.29, 1.82) is 0 Å². The van der Waals surface area contributed by atoms with Gasteiger partial charge in [-0.15, -0.1) is 0 Å². The molecule has 0 spiro atoms. The molecule has 0 N–H and O–H groups in total. The van der Waals surface area contributed by atoms with E-state index in [0.29, 0.717) is 19.8 Å². The van der Waals surface area contributed by atoms with Gasteiger partial charge in [-0.1, -0.05) is 45.6 Å². The summed E-state index contributed by atoms with van der Waals surface area (Å²) < 4.78 is 22.4. The molecule has 0 unspecified atom stereocenters. The van der Waals surface area contributed by atoms with Crippen LogP contribution < -0.4 is 9.80 Å². The van der Waals surface area contributed by atoms with E-state index in [-0.39, 0.29) is 17.4 Å². The molecule has 2 aromatic carbocycles. The summed E-state index contributed by atoms with van der Waals surface area (Å²) >= 11 is 0. The zero-order valence-electron chi connectivity index (χ0n) is 23.3. The number of carbonyl (C=O) groups is 1. The Kier molecular flexibility index (Phi) is 9.67. The van der Waals surface area contributed by atoms with Crippen LogP contribution in [0.5, 0.6) is 0 Å². The molecule has 0 aliphatic rings. The van der Waals surface area contributed by atoms with Crippen molar-refractivity contribution in [1.82, 2.24) is 9.55 Å². The number of hydrogen-bond acceptors (Lipinski definition) is 4. The monoisotopic (exact) mass is 524 g/mol. The lowest BCUT2D eigenvalue weighted by Gasteiger charge is -2.27. The van der Waals surface area contributed by atoms with Crippen LogP contribution in [-0.2, 0) is 18.0 Å². The number of halogens is 1. The predicted molar refractivity (Wildman–Crippen MR) is 153 cm³/mol. The Morgan fingerprint density at radius 2 is 1.86 bits per heavy atom. The van der Waals surface area contributed by atoms with E-state index in [1.165, 1.54) is 6.07 Å². The van der Waals surface area contributed by atoms with Gasteiger partial charge in [-0.05, 0) is 54.8 Å². The third-order valence-corrected chi connectivity index (χ3v) is 7.76. The van der Waals surface area contributed by atoms with Crippen LogP contribution in [0, 0.1) is 18.7 Å². The van der Waals surface area contributed by atoms with Gasteiger partial charge in [0, 0.05) is 45.8 Å². The van der Waals surface area contributed by atoms with Crippen LogP contribution in [0.1, 0.15) is 35.5 Å². The number of aryl methyl sites for hydroxylation is 1. The van der Waals surface area contributed by atoms with Gasteiger partial charge in [-0.25, -0.2) is 9.37 Å². The number of anilines is 2. The lowest BCUT2D eigenvalue weighted by Crippen LogP contribution is -2.35. The van der Waals surface area contributed by atoms with Crippen molar-refractivity contribution in [3.05, 3.63) is 77.6 Å². The van der Waals surface area contributed by atoms with Gasteiger partial charge >= 0.3 is 0 Å². The molecule has 37 heavy (non-hydrogen) atoms. The minimum Gasteiger partial charge on any atom is -0.369 e. The Balaban J connectivity index is 1.71. The smallest absolute Gasteiger partial charge is 0.261 e. The molecule has 0 saturated carbocycles. The van der Waals surface area contributed by atoms with Crippen LogP contribution in [-0.4, -0.2) is 43.7 Å². The Labute approximate surface area is 222 Å². The normalized spacial score (nSPS) is 11.7.